The first-order valence-corrected chi connectivity index (χ1v) is 8.79. The van der Waals surface area contributed by atoms with Gasteiger partial charge in [-0.3, -0.25) is 14.6 Å². The zero-order valence-electron chi connectivity index (χ0n) is 14.1. The fourth-order valence-electron chi connectivity index (χ4n) is 3.51. The van der Waals surface area contributed by atoms with E-state index in [0.29, 0.717) is 25.9 Å². The van der Waals surface area contributed by atoms with Crippen molar-refractivity contribution in [1.29, 1.82) is 0 Å². The summed E-state index contributed by atoms with van der Waals surface area (Å²) in [6, 6.07) is 13.6. The Morgan fingerprint density at radius 2 is 1.92 bits per heavy atom. The van der Waals surface area contributed by atoms with Gasteiger partial charge >= 0.3 is 0 Å². The van der Waals surface area contributed by atoms with Gasteiger partial charge in [-0.05, 0) is 49.4 Å². The number of aromatic nitrogens is 1. The van der Waals surface area contributed by atoms with Crippen molar-refractivity contribution in [3.05, 3.63) is 59.9 Å². The minimum Gasteiger partial charge on any atom is -0.350 e. The highest BCUT2D eigenvalue weighted by Gasteiger charge is 2.58. The molecule has 1 aromatic heterocycles. The number of benzene rings is 1. The minimum absolute atomic E-state index is 0.0572. The molecule has 0 saturated heterocycles. The topological polar surface area (TPSA) is 62.3 Å². The normalized spacial score (nSPS) is 17.5. The van der Waals surface area contributed by atoms with Crippen molar-refractivity contribution < 1.29 is 9.59 Å². The molecule has 5 nitrogen and oxygen atoms in total. The number of fused-ring (bicyclic) bond motifs is 1. The summed E-state index contributed by atoms with van der Waals surface area (Å²) >= 11 is 0. The van der Waals surface area contributed by atoms with E-state index in [0.717, 1.165) is 24.2 Å². The SMILES string of the molecule is O=C(NCc1ccccn1)C1(C(=O)N2CCCc3ccccc32)CC1. The number of amides is 2. The summed E-state index contributed by atoms with van der Waals surface area (Å²) in [5, 5.41) is 2.90. The molecular weight excluding hydrogens is 314 g/mol. The summed E-state index contributed by atoms with van der Waals surface area (Å²) in [5.41, 5.74) is 2.05. The van der Waals surface area contributed by atoms with Gasteiger partial charge in [0, 0.05) is 18.4 Å². The molecule has 1 fully saturated rings. The number of carbonyl (C=O) groups excluding carboxylic acids is 2. The first-order valence-electron chi connectivity index (χ1n) is 8.79. The third kappa shape index (κ3) is 2.90. The lowest BCUT2D eigenvalue weighted by atomic mass is 9.97. The molecule has 5 heteroatoms. The van der Waals surface area contributed by atoms with Crippen LogP contribution < -0.4 is 10.2 Å². The van der Waals surface area contributed by atoms with E-state index in [1.165, 1.54) is 5.56 Å². The third-order valence-electron chi connectivity index (χ3n) is 5.11. The van der Waals surface area contributed by atoms with E-state index in [1.807, 2.05) is 41.3 Å². The Kier molecular flexibility index (Phi) is 3.99. The zero-order chi connectivity index (χ0) is 17.3. The molecule has 4 rings (SSSR count). The van der Waals surface area contributed by atoms with Gasteiger partial charge in [0.1, 0.15) is 5.41 Å². The number of nitrogens with zero attached hydrogens (tertiary/aromatic N) is 2. The van der Waals surface area contributed by atoms with Crippen LogP contribution in [0.25, 0.3) is 0 Å². The fraction of sp³-hybridized carbons (Fsp3) is 0.350. The molecule has 0 bridgehead atoms. The lowest BCUT2D eigenvalue weighted by Crippen LogP contribution is -2.47. The van der Waals surface area contributed by atoms with E-state index in [1.54, 1.807) is 6.20 Å². The lowest BCUT2D eigenvalue weighted by molar-refractivity contribution is -0.135. The number of hydrogen-bond acceptors (Lipinski definition) is 3. The highest BCUT2D eigenvalue weighted by molar-refractivity contribution is 6.14. The second-order valence-corrected chi connectivity index (χ2v) is 6.77. The largest absolute Gasteiger partial charge is 0.350 e. The van der Waals surface area contributed by atoms with Gasteiger partial charge in [-0.2, -0.15) is 0 Å². The maximum atomic E-state index is 13.1. The molecule has 1 aromatic carbocycles. The maximum Gasteiger partial charge on any atom is 0.242 e. The Labute approximate surface area is 147 Å². The van der Waals surface area contributed by atoms with Gasteiger partial charge in [0.05, 0.1) is 12.2 Å². The molecule has 2 aliphatic rings. The average molecular weight is 335 g/mol. The van der Waals surface area contributed by atoms with Gasteiger partial charge in [-0.1, -0.05) is 24.3 Å². The van der Waals surface area contributed by atoms with Gasteiger partial charge in [0.2, 0.25) is 11.8 Å². The predicted molar refractivity (Wildman–Crippen MR) is 94.9 cm³/mol. The first kappa shape index (κ1) is 15.8. The number of carbonyl (C=O) groups is 2. The van der Waals surface area contributed by atoms with Crippen LogP contribution in [-0.4, -0.2) is 23.3 Å². The quantitative estimate of drug-likeness (QED) is 0.873. The van der Waals surface area contributed by atoms with Crippen LogP contribution in [0, 0.1) is 5.41 Å². The number of nitrogens with one attached hydrogen (secondary N) is 1. The molecule has 1 saturated carbocycles. The highest BCUT2D eigenvalue weighted by Crippen LogP contribution is 2.48. The van der Waals surface area contributed by atoms with Crippen molar-refractivity contribution in [2.45, 2.75) is 32.2 Å². The fourth-order valence-corrected chi connectivity index (χ4v) is 3.51. The maximum absolute atomic E-state index is 13.1. The summed E-state index contributed by atoms with van der Waals surface area (Å²) in [5.74, 6) is -0.232. The number of aryl methyl sites for hydroxylation is 1. The summed E-state index contributed by atoms with van der Waals surface area (Å²) in [6.07, 6.45) is 4.87. The second-order valence-electron chi connectivity index (χ2n) is 6.77. The molecule has 0 spiro atoms. The number of anilines is 1. The van der Waals surface area contributed by atoms with Crippen LogP contribution in [0.3, 0.4) is 0 Å². The Morgan fingerprint density at radius 1 is 1.12 bits per heavy atom. The van der Waals surface area contributed by atoms with Crippen molar-refractivity contribution in [3.8, 4) is 0 Å². The van der Waals surface area contributed by atoms with Crippen molar-refractivity contribution in [2.24, 2.45) is 5.41 Å². The molecule has 25 heavy (non-hydrogen) atoms. The van der Waals surface area contributed by atoms with Gasteiger partial charge in [-0.15, -0.1) is 0 Å². The highest BCUT2D eigenvalue weighted by atomic mass is 16.2. The van der Waals surface area contributed by atoms with Crippen molar-refractivity contribution in [1.82, 2.24) is 10.3 Å². The monoisotopic (exact) mass is 335 g/mol. The molecule has 1 aliphatic carbocycles. The minimum atomic E-state index is -0.890. The van der Waals surface area contributed by atoms with Crippen LogP contribution in [-0.2, 0) is 22.6 Å². The standard InChI is InChI=1S/C20H21N3O2/c24-18(22-14-16-8-3-4-12-21-16)20(10-11-20)19(25)23-13-5-7-15-6-1-2-9-17(15)23/h1-4,6,8-9,12H,5,7,10-11,13-14H2,(H,22,24). The molecule has 128 valence electrons. The third-order valence-corrected chi connectivity index (χ3v) is 5.11. The molecule has 0 unspecified atom stereocenters. The van der Waals surface area contributed by atoms with E-state index in [-0.39, 0.29) is 11.8 Å². The second kappa shape index (κ2) is 6.31. The average Bonchev–Trinajstić information content (AvgIpc) is 3.48. The number of rotatable bonds is 4. The van der Waals surface area contributed by atoms with Crippen molar-refractivity contribution in [2.75, 3.05) is 11.4 Å². The van der Waals surface area contributed by atoms with Crippen molar-refractivity contribution >= 4 is 17.5 Å². The molecule has 1 N–H and O–H groups in total. The van der Waals surface area contributed by atoms with E-state index < -0.39 is 5.41 Å². The van der Waals surface area contributed by atoms with E-state index in [9.17, 15) is 9.59 Å². The molecule has 0 atom stereocenters. The van der Waals surface area contributed by atoms with Crippen molar-refractivity contribution in [3.63, 3.8) is 0 Å². The lowest BCUT2D eigenvalue weighted by Gasteiger charge is -2.32. The summed E-state index contributed by atoms with van der Waals surface area (Å²) in [4.78, 5) is 31.9. The first-order chi connectivity index (χ1) is 12.2. The van der Waals surface area contributed by atoms with Crippen LogP contribution in [0.5, 0.6) is 0 Å². The van der Waals surface area contributed by atoms with Gasteiger partial charge in [0.25, 0.3) is 0 Å². The zero-order valence-corrected chi connectivity index (χ0v) is 14.1. The van der Waals surface area contributed by atoms with Crippen LogP contribution in [0.4, 0.5) is 5.69 Å². The summed E-state index contributed by atoms with van der Waals surface area (Å²) in [6.45, 7) is 1.04. The Balaban J connectivity index is 1.49. The summed E-state index contributed by atoms with van der Waals surface area (Å²) < 4.78 is 0. The van der Waals surface area contributed by atoms with Crippen LogP contribution in [0.15, 0.2) is 48.7 Å². The smallest absolute Gasteiger partial charge is 0.242 e. The Bertz CT molecular complexity index is 800. The van der Waals surface area contributed by atoms with E-state index in [2.05, 4.69) is 16.4 Å². The number of pyridine rings is 1. The van der Waals surface area contributed by atoms with E-state index in [4.69, 9.17) is 0 Å². The predicted octanol–water partition coefficient (Wildman–Crippen LogP) is 2.46. The molecule has 2 amide bonds. The Morgan fingerprint density at radius 3 is 2.68 bits per heavy atom. The Hall–Kier alpha value is -2.69. The number of hydrogen-bond donors (Lipinski definition) is 1. The molecular formula is C20H21N3O2. The molecule has 2 heterocycles. The van der Waals surface area contributed by atoms with Gasteiger partial charge in [-0.25, -0.2) is 0 Å². The number of para-hydroxylation sites is 1. The van der Waals surface area contributed by atoms with E-state index >= 15 is 0 Å². The van der Waals surface area contributed by atoms with Crippen LogP contribution >= 0.6 is 0 Å². The molecule has 1 aliphatic heterocycles. The molecule has 0 radical (unpaired) electrons. The summed E-state index contributed by atoms with van der Waals surface area (Å²) in [7, 11) is 0. The van der Waals surface area contributed by atoms with Crippen LogP contribution in [0.1, 0.15) is 30.5 Å². The molecule has 2 aromatic rings. The van der Waals surface area contributed by atoms with Gasteiger partial charge < -0.3 is 10.2 Å². The van der Waals surface area contributed by atoms with Crippen LogP contribution in [0.2, 0.25) is 0 Å². The van der Waals surface area contributed by atoms with Gasteiger partial charge in [0.15, 0.2) is 0 Å².